The molecule has 0 fully saturated rings. The molecule has 5 heteroatoms. The van der Waals surface area contributed by atoms with Crippen molar-refractivity contribution in [2.75, 3.05) is 20.6 Å². The number of hydrogen-bond acceptors (Lipinski definition) is 3. The molecule has 2 amide bonds. The number of amides is 2. The van der Waals surface area contributed by atoms with Crippen molar-refractivity contribution < 1.29 is 4.79 Å². The number of rotatable bonds is 8. The number of hydrogen-bond donors (Lipinski definition) is 2. The number of nitrogens with zero attached hydrogens (tertiary/aromatic N) is 1. The Bertz CT molecular complexity index is 598. The molecule has 0 saturated carbocycles. The molecular formula is C19H27N3OS. The summed E-state index contributed by atoms with van der Waals surface area (Å²) in [5.74, 6) is 0. The van der Waals surface area contributed by atoms with E-state index in [2.05, 4.69) is 44.5 Å². The lowest BCUT2D eigenvalue weighted by molar-refractivity contribution is 0.229. The molecule has 0 saturated heterocycles. The number of nitrogens with one attached hydrogen (secondary N) is 2. The van der Waals surface area contributed by atoms with Crippen LogP contribution in [-0.2, 0) is 12.8 Å². The van der Waals surface area contributed by atoms with E-state index in [1.165, 1.54) is 11.1 Å². The Labute approximate surface area is 148 Å². The molecule has 24 heavy (non-hydrogen) atoms. The van der Waals surface area contributed by atoms with E-state index in [0.717, 1.165) is 12.8 Å². The highest BCUT2D eigenvalue weighted by Gasteiger charge is 2.14. The lowest BCUT2D eigenvalue weighted by Crippen LogP contribution is -2.47. The second kappa shape index (κ2) is 9.45. The molecule has 2 unspecified atom stereocenters. The third-order valence-electron chi connectivity index (χ3n) is 4.04. The summed E-state index contributed by atoms with van der Waals surface area (Å²) in [6.45, 7) is 2.66. The molecule has 2 rings (SSSR count). The molecule has 1 aromatic carbocycles. The largest absolute Gasteiger partial charge is 0.337 e. The van der Waals surface area contributed by atoms with Crippen molar-refractivity contribution in [2.24, 2.45) is 0 Å². The molecule has 2 aromatic rings. The van der Waals surface area contributed by atoms with Crippen LogP contribution in [-0.4, -0.2) is 43.7 Å². The summed E-state index contributed by atoms with van der Waals surface area (Å²) < 4.78 is 0. The molecule has 0 radical (unpaired) electrons. The van der Waals surface area contributed by atoms with Crippen LogP contribution in [0.25, 0.3) is 0 Å². The topological polar surface area (TPSA) is 44.4 Å². The van der Waals surface area contributed by atoms with Gasteiger partial charge >= 0.3 is 6.03 Å². The first-order chi connectivity index (χ1) is 11.5. The van der Waals surface area contributed by atoms with Crippen LogP contribution in [0.1, 0.15) is 18.1 Å². The highest BCUT2D eigenvalue weighted by molar-refractivity contribution is 7.07. The van der Waals surface area contributed by atoms with E-state index in [-0.39, 0.29) is 18.1 Å². The Hall–Kier alpha value is -1.85. The lowest BCUT2D eigenvalue weighted by Gasteiger charge is -2.25. The van der Waals surface area contributed by atoms with Gasteiger partial charge in [0.25, 0.3) is 0 Å². The first-order valence-corrected chi connectivity index (χ1v) is 9.24. The molecule has 0 aliphatic rings. The normalized spacial score (nSPS) is 13.5. The van der Waals surface area contributed by atoms with Gasteiger partial charge in [0, 0.05) is 18.6 Å². The summed E-state index contributed by atoms with van der Waals surface area (Å²) in [5.41, 5.74) is 2.55. The van der Waals surface area contributed by atoms with Gasteiger partial charge in [-0.15, -0.1) is 0 Å². The Morgan fingerprint density at radius 3 is 2.50 bits per heavy atom. The highest BCUT2D eigenvalue weighted by atomic mass is 32.1. The number of thiophene rings is 1. The zero-order valence-electron chi connectivity index (χ0n) is 14.7. The average Bonchev–Trinajstić information content (AvgIpc) is 3.04. The molecule has 4 nitrogen and oxygen atoms in total. The number of urea groups is 1. The summed E-state index contributed by atoms with van der Waals surface area (Å²) in [4.78, 5) is 14.3. The van der Waals surface area contributed by atoms with Crippen LogP contribution in [0.2, 0.25) is 0 Å². The van der Waals surface area contributed by atoms with Crippen LogP contribution < -0.4 is 10.6 Å². The summed E-state index contributed by atoms with van der Waals surface area (Å²) in [7, 11) is 4.10. The van der Waals surface area contributed by atoms with Crippen molar-refractivity contribution in [3.05, 3.63) is 58.3 Å². The van der Waals surface area contributed by atoms with Gasteiger partial charge in [-0.05, 0) is 61.8 Å². The van der Waals surface area contributed by atoms with Gasteiger partial charge in [-0.3, -0.25) is 0 Å². The van der Waals surface area contributed by atoms with Crippen molar-refractivity contribution in [2.45, 2.75) is 31.8 Å². The fraction of sp³-hybridized carbons (Fsp3) is 0.421. The Morgan fingerprint density at radius 2 is 1.88 bits per heavy atom. The van der Waals surface area contributed by atoms with Crippen molar-refractivity contribution >= 4 is 17.4 Å². The highest BCUT2D eigenvalue weighted by Crippen LogP contribution is 2.09. The third kappa shape index (κ3) is 6.34. The molecule has 0 bridgehead atoms. The van der Waals surface area contributed by atoms with Crippen molar-refractivity contribution in [1.29, 1.82) is 0 Å². The van der Waals surface area contributed by atoms with E-state index in [4.69, 9.17) is 0 Å². The third-order valence-corrected chi connectivity index (χ3v) is 4.77. The van der Waals surface area contributed by atoms with Crippen LogP contribution in [0, 0.1) is 0 Å². The second-order valence-electron chi connectivity index (χ2n) is 6.40. The fourth-order valence-electron chi connectivity index (χ4n) is 2.62. The maximum atomic E-state index is 12.1. The molecule has 130 valence electrons. The van der Waals surface area contributed by atoms with Gasteiger partial charge < -0.3 is 15.5 Å². The number of carbonyl (C=O) groups is 1. The molecule has 1 heterocycles. The Balaban J connectivity index is 1.77. The minimum Gasteiger partial charge on any atom is -0.337 e. The standard InChI is InChI=1S/C19H27N3OS/c1-15(11-17-9-10-24-14-17)21-19(23)20-13-18(22(2)3)12-16-7-5-4-6-8-16/h4-10,14-15,18H,11-13H2,1-3H3,(H2,20,21,23). The van der Waals surface area contributed by atoms with Crippen LogP contribution in [0.15, 0.2) is 47.2 Å². The van der Waals surface area contributed by atoms with Gasteiger partial charge in [-0.25, -0.2) is 4.79 Å². The number of likely N-dealkylation sites (N-methyl/N-ethyl adjacent to an activating group) is 1. The molecule has 1 aromatic heterocycles. The summed E-state index contributed by atoms with van der Waals surface area (Å²) in [6, 6.07) is 12.8. The zero-order chi connectivity index (χ0) is 17.4. The van der Waals surface area contributed by atoms with E-state index >= 15 is 0 Å². The maximum absolute atomic E-state index is 12.1. The van der Waals surface area contributed by atoms with Crippen molar-refractivity contribution in [3.63, 3.8) is 0 Å². The van der Waals surface area contributed by atoms with Gasteiger partial charge in [-0.2, -0.15) is 11.3 Å². The monoisotopic (exact) mass is 345 g/mol. The van der Waals surface area contributed by atoms with E-state index in [9.17, 15) is 4.79 Å². The quantitative estimate of drug-likeness (QED) is 0.772. The van der Waals surface area contributed by atoms with Gasteiger partial charge in [0.1, 0.15) is 0 Å². The van der Waals surface area contributed by atoms with E-state index in [1.54, 1.807) is 11.3 Å². The number of carbonyl (C=O) groups excluding carboxylic acids is 1. The molecular weight excluding hydrogens is 318 g/mol. The van der Waals surface area contributed by atoms with Crippen molar-refractivity contribution in [3.8, 4) is 0 Å². The first-order valence-electron chi connectivity index (χ1n) is 8.30. The summed E-state index contributed by atoms with van der Waals surface area (Å²) in [6.07, 6.45) is 1.77. The van der Waals surface area contributed by atoms with Gasteiger partial charge in [0.2, 0.25) is 0 Å². The molecule has 2 N–H and O–H groups in total. The Morgan fingerprint density at radius 1 is 1.12 bits per heavy atom. The molecule has 2 atom stereocenters. The second-order valence-corrected chi connectivity index (χ2v) is 7.18. The number of benzene rings is 1. The summed E-state index contributed by atoms with van der Waals surface area (Å²) in [5, 5.41) is 10.2. The smallest absolute Gasteiger partial charge is 0.315 e. The van der Waals surface area contributed by atoms with Gasteiger partial charge in [0.15, 0.2) is 0 Å². The van der Waals surface area contributed by atoms with E-state index in [0.29, 0.717) is 6.54 Å². The van der Waals surface area contributed by atoms with E-state index < -0.39 is 0 Å². The van der Waals surface area contributed by atoms with E-state index in [1.807, 2.05) is 39.2 Å². The lowest BCUT2D eigenvalue weighted by atomic mass is 10.1. The zero-order valence-corrected chi connectivity index (χ0v) is 15.5. The predicted molar refractivity (Wildman–Crippen MR) is 102 cm³/mol. The van der Waals surface area contributed by atoms with Crippen LogP contribution >= 0.6 is 11.3 Å². The minimum atomic E-state index is -0.0994. The minimum absolute atomic E-state index is 0.0994. The molecule has 0 spiro atoms. The molecule has 0 aliphatic heterocycles. The first kappa shape index (κ1) is 18.5. The van der Waals surface area contributed by atoms with Crippen LogP contribution in [0.5, 0.6) is 0 Å². The van der Waals surface area contributed by atoms with Crippen LogP contribution in [0.3, 0.4) is 0 Å². The Kier molecular flexibility index (Phi) is 7.28. The predicted octanol–water partition coefficient (Wildman–Crippen LogP) is 3.15. The van der Waals surface area contributed by atoms with Crippen LogP contribution in [0.4, 0.5) is 4.79 Å². The average molecular weight is 346 g/mol. The maximum Gasteiger partial charge on any atom is 0.315 e. The molecule has 0 aliphatic carbocycles. The van der Waals surface area contributed by atoms with Gasteiger partial charge in [0.05, 0.1) is 0 Å². The fourth-order valence-corrected chi connectivity index (χ4v) is 3.30. The SMILES string of the molecule is CC(Cc1ccsc1)NC(=O)NCC(Cc1ccccc1)N(C)C. The van der Waals surface area contributed by atoms with Gasteiger partial charge in [-0.1, -0.05) is 30.3 Å². The summed E-state index contributed by atoms with van der Waals surface area (Å²) >= 11 is 1.68. The van der Waals surface area contributed by atoms with Crippen molar-refractivity contribution in [1.82, 2.24) is 15.5 Å².